The van der Waals surface area contributed by atoms with Crippen LogP contribution in [0.1, 0.15) is 123 Å². The molecule has 0 heterocycles. The van der Waals surface area contributed by atoms with Crippen LogP contribution in [0.5, 0.6) is 0 Å². The van der Waals surface area contributed by atoms with E-state index in [4.69, 9.17) is 4.74 Å². The van der Waals surface area contributed by atoms with Crippen LogP contribution in [-0.4, -0.2) is 47.5 Å². The van der Waals surface area contributed by atoms with E-state index in [0.29, 0.717) is 13.1 Å². The number of aryl methyl sites for hydroxylation is 2. The van der Waals surface area contributed by atoms with E-state index in [9.17, 15) is 14.4 Å². The van der Waals surface area contributed by atoms with Crippen molar-refractivity contribution in [2.45, 2.75) is 131 Å². The molecule has 39 heavy (non-hydrogen) atoms. The van der Waals surface area contributed by atoms with Crippen molar-refractivity contribution < 1.29 is 19.1 Å². The van der Waals surface area contributed by atoms with E-state index in [-0.39, 0.29) is 17.7 Å². The minimum atomic E-state index is -0.824. The van der Waals surface area contributed by atoms with Crippen LogP contribution in [0.15, 0.2) is 18.2 Å². The first-order valence-electron chi connectivity index (χ1n) is 15.0. The third kappa shape index (κ3) is 12.0. The van der Waals surface area contributed by atoms with Gasteiger partial charge in [-0.15, -0.1) is 0 Å². The lowest BCUT2D eigenvalue weighted by Gasteiger charge is -2.36. The summed E-state index contributed by atoms with van der Waals surface area (Å²) >= 11 is 0. The number of hydrogen-bond acceptors (Lipinski definition) is 4. The van der Waals surface area contributed by atoms with Crippen LogP contribution in [0.4, 0.5) is 4.79 Å². The highest BCUT2D eigenvalue weighted by molar-refractivity contribution is 5.92. The molecule has 222 valence electrons. The number of alkyl carbamates (subject to hydrolysis) is 1. The summed E-state index contributed by atoms with van der Waals surface area (Å²) in [5.41, 5.74) is 2.10. The molecule has 1 rings (SSSR count). The molecule has 0 saturated heterocycles. The Bertz CT molecular complexity index is 887. The highest BCUT2D eigenvalue weighted by Crippen LogP contribution is 2.30. The Kier molecular flexibility index (Phi) is 15.2. The van der Waals surface area contributed by atoms with E-state index in [0.717, 1.165) is 68.1 Å². The van der Waals surface area contributed by atoms with Crippen LogP contribution in [0, 0.1) is 19.8 Å². The normalized spacial score (nSPS) is 13.1. The molecule has 0 radical (unpaired) electrons. The van der Waals surface area contributed by atoms with Gasteiger partial charge in [-0.1, -0.05) is 84.4 Å². The smallest absolute Gasteiger partial charge is 0.408 e. The summed E-state index contributed by atoms with van der Waals surface area (Å²) in [5, 5.41) is 5.93. The number of carbonyl (C=O) groups excluding carboxylic acids is 3. The zero-order chi connectivity index (χ0) is 29.6. The van der Waals surface area contributed by atoms with E-state index in [2.05, 4.69) is 24.5 Å². The Balaban J connectivity index is 3.49. The SMILES string of the molecule is CCCCCCCN(C(=O)C(NC(=O)OC(C)(C)C)C(C)C)C(C(=O)NCCCCC)c1c(C)cccc1C. The topological polar surface area (TPSA) is 87.7 Å². The fourth-order valence-electron chi connectivity index (χ4n) is 4.75. The molecule has 0 aliphatic heterocycles. The molecule has 7 nitrogen and oxygen atoms in total. The summed E-state index contributed by atoms with van der Waals surface area (Å²) in [6.07, 6.45) is 7.46. The Hall–Kier alpha value is -2.57. The van der Waals surface area contributed by atoms with Gasteiger partial charge < -0.3 is 20.3 Å². The Labute approximate surface area is 237 Å². The lowest BCUT2D eigenvalue weighted by molar-refractivity contribution is -0.143. The molecule has 1 aromatic rings. The van der Waals surface area contributed by atoms with Crippen molar-refractivity contribution in [2.75, 3.05) is 13.1 Å². The third-order valence-corrected chi connectivity index (χ3v) is 6.85. The van der Waals surface area contributed by atoms with Gasteiger partial charge in [0.15, 0.2) is 0 Å². The van der Waals surface area contributed by atoms with Crippen LogP contribution in [-0.2, 0) is 14.3 Å². The van der Waals surface area contributed by atoms with Gasteiger partial charge >= 0.3 is 6.09 Å². The number of amides is 3. The highest BCUT2D eigenvalue weighted by Gasteiger charge is 2.38. The van der Waals surface area contributed by atoms with E-state index in [1.54, 1.807) is 25.7 Å². The summed E-state index contributed by atoms with van der Waals surface area (Å²) < 4.78 is 5.48. The van der Waals surface area contributed by atoms with Gasteiger partial charge in [-0.05, 0) is 70.1 Å². The van der Waals surface area contributed by atoms with Crippen molar-refractivity contribution in [3.05, 3.63) is 34.9 Å². The van der Waals surface area contributed by atoms with Crippen molar-refractivity contribution in [1.29, 1.82) is 0 Å². The standard InChI is InChI=1S/C32H55N3O4/c1-10-12-14-15-17-22-35(30(37)27(23(3)4)34-31(38)39-32(7,8)9)28(29(36)33-21-16-13-11-2)26-24(5)19-18-20-25(26)6/h18-20,23,27-28H,10-17,21-22H2,1-9H3,(H,33,36)(H,34,38). The first-order valence-corrected chi connectivity index (χ1v) is 15.0. The maximum atomic E-state index is 14.3. The van der Waals surface area contributed by atoms with Gasteiger partial charge in [0.2, 0.25) is 11.8 Å². The second kappa shape index (κ2) is 17.2. The van der Waals surface area contributed by atoms with E-state index in [1.807, 2.05) is 45.9 Å². The van der Waals surface area contributed by atoms with Gasteiger partial charge in [0.25, 0.3) is 0 Å². The van der Waals surface area contributed by atoms with Crippen LogP contribution >= 0.6 is 0 Å². The molecule has 1 aromatic carbocycles. The Morgan fingerprint density at radius 1 is 0.897 bits per heavy atom. The second-order valence-corrected chi connectivity index (χ2v) is 12.0. The first-order chi connectivity index (χ1) is 18.3. The zero-order valence-corrected chi connectivity index (χ0v) is 26.1. The maximum Gasteiger partial charge on any atom is 0.408 e. The van der Waals surface area contributed by atoms with E-state index < -0.39 is 23.8 Å². The molecule has 2 N–H and O–H groups in total. The molecule has 2 unspecified atom stereocenters. The van der Waals surface area contributed by atoms with E-state index in [1.165, 1.54) is 0 Å². The molecule has 0 fully saturated rings. The number of carbonyl (C=O) groups is 3. The summed E-state index contributed by atoms with van der Waals surface area (Å²) in [5.74, 6) is -0.633. The molecular formula is C32H55N3O4. The first kappa shape index (κ1) is 34.5. The van der Waals surface area contributed by atoms with Crippen LogP contribution in [0.25, 0.3) is 0 Å². The van der Waals surface area contributed by atoms with Crippen LogP contribution < -0.4 is 10.6 Å². The van der Waals surface area contributed by atoms with Crippen LogP contribution in [0.2, 0.25) is 0 Å². The molecule has 0 aliphatic carbocycles. The number of unbranched alkanes of at least 4 members (excludes halogenated alkanes) is 6. The number of nitrogens with zero attached hydrogens (tertiary/aromatic N) is 1. The second-order valence-electron chi connectivity index (χ2n) is 12.0. The van der Waals surface area contributed by atoms with E-state index >= 15 is 0 Å². The maximum absolute atomic E-state index is 14.3. The molecule has 3 amide bonds. The predicted octanol–water partition coefficient (Wildman–Crippen LogP) is 7.00. The molecular weight excluding hydrogens is 490 g/mol. The van der Waals surface area contributed by atoms with Gasteiger partial charge in [-0.25, -0.2) is 4.79 Å². The van der Waals surface area contributed by atoms with Crippen LogP contribution in [0.3, 0.4) is 0 Å². The zero-order valence-electron chi connectivity index (χ0n) is 26.1. The lowest BCUT2D eigenvalue weighted by atomic mass is 9.92. The average molecular weight is 546 g/mol. The molecule has 7 heteroatoms. The number of ether oxygens (including phenoxy) is 1. The van der Waals surface area contributed by atoms with Crippen molar-refractivity contribution in [3.8, 4) is 0 Å². The predicted molar refractivity (Wildman–Crippen MR) is 160 cm³/mol. The third-order valence-electron chi connectivity index (χ3n) is 6.85. The summed E-state index contributed by atoms with van der Waals surface area (Å²) in [6.45, 7) is 18.5. The number of benzene rings is 1. The number of rotatable bonds is 16. The molecule has 0 spiro atoms. The van der Waals surface area contributed by atoms with Gasteiger partial charge in [0.1, 0.15) is 17.7 Å². The van der Waals surface area contributed by atoms with Crippen molar-refractivity contribution in [3.63, 3.8) is 0 Å². The Morgan fingerprint density at radius 3 is 2.00 bits per heavy atom. The van der Waals surface area contributed by atoms with Crippen molar-refractivity contribution in [1.82, 2.24) is 15.5 Å². The quantitative estimate of drug-likeness (QED) is 0.219. The van der Waals surface area contributed by atoms with Crippen molar-refractivity contribution >= 4 is 17.9 Å². The van der Waals surface area contributed by atoms with Gasteiger partial charge in [-0.3, -0.25) is 9.59 Å². The largest absolute Gasteiger partial charge is 0.444 e. The summed E-state index contributed by atoms with van der Waals surface area (Å²) in [4.78, 5) is 42.6. The van der Waals surface area contributed by atoms with Crippen molar-refractivity contribution in [2.24, 2.45) is 5.92 Å². The minimum Gasteiger partial charge on any atom is -0.444 e. The summed E-state index contributed by atoms with van der Waals surface area (Å²) in [7, 11) is 0. The lowest BCUT2D eigenvalue weighted by Crippen LogP contribution is -2.55. The van der Waals surface area contributed by atoms with Gasteiger partial charge in [0.05, 0.1) is 0 Å². The monoisotopic (exact) mass is 545 g/mol. The average Bonchev–Trinajstić information content (AvgIpc) is 2.84. The number of hydrogen-bond donors (Lipinski definition) is 2. The minimum absolute atomic E-state index is 0.176. The van der Waals surface area contributed by atoms with Gasteiger partial charge in [-0.2, -0.15) is 0 Å². The molecule has 0 bridgehead atoms. The summed E-state index contributed by atoms with van der Waals surface area (Å²) in [6, 6.07) is 4.34. The van der Waals surface area contributed by atoms with Gasteiger partial charge in [0, 0.05) is 13.1 Å². The molecule has 0 aromatic heterocycles. The molecule has 2 atom stereocenters. The molecule has 0 aliphatic rings. The fourth-order valence-corrected chi connectivity index (χ4v) is 4.75. The molecule has 0 saturated carbocycles. The fraction of sp³-hybridized carbons (Fsp3) is 0.719. The Morgan fingerprint density at radius 2 is 1.46 bits per heavy atom. The number of nitrogens with one attached hydrogen (secondary N) is 2. The highest BCUT2D eigenvalue weighted by atomic mass is 16.6.